The van der Waals surface area contributed by atoms with Gasteiger partial charge in [-0.25, -0.2) is 19.8 Å². The fourth-order valence-corrected chi connectivity index (χ4v) is 6.60. The summed E-state index contributed by atoms with van der Waals surface area (Å²) in [5.41, 5.74) is 3.74. The lowest BCUT2D eigenvalue weighted by Crippen LogP contribution is -2.11. The third-order valence-electron chi connectivity index (χ3n) is 8.70. The maximum atomic E-state index is 13.8. The van der Waals surface area contributed by atoms with Crippen LogP contribution < -0.4 is 0 Å². The molecule has 0 spiro atoms. The summed E-state index contributed by atoms with van der Waals surface area (Å²) in [6, 6.07) is 23.7. The Kier molecular flexibility index (Phi) is 7.93. The van der Waals surface area contributed by atoms with Gasteiger partial charge in [-0.1, -0.05) is 59.7 Å². The van der Waals surface area contributed by atoms with Crippen LogP contribution in [0.4, 0.5) is 32.0 Å². The molecule has 2 heterocycles. The van der Waals surface area contributed by atoms with Gasteiger partial charge >= 0.3 is 12.4 Å². The number of alkyl halides is 6. The molecule has 0 aliphatic heterocycles. The quantitative estimate of drug-likeness (QED) is 0.136. The molecular formula is C40H27F6N5. The number of hydrogen-bond donors (Lipinski definition) is 0. The van der Waals surface area contributed by atoms with Crippen LogP contribution in [0, 0.1) is 34.3 Å². The molecule has 51 heavy (non-hydrogen) atoms. The summed E-state index contributed by atoms with van der Waals surface area (Å²) in [6.07, 6.45) is -9.99. The molecule has 7 rings (SSSR count). The van der Waals surface area contributed by atoms with Crippen molar-refractivity contribution in [1.82, 2.24) is 19.5 Å². The Hall–Kier alpha value is -6.02. The predicted molar refractivity (Wildman–Crippen MR) is 186 cm³/mol. The molecule has 0 bridgehead atoms. The van der Waals surface area contributed by atoms with Crippen molar-refractivity contribution in [3.8, 4) is 39.3 Å². The van der Waals surface area contributed by atoms with Crippen LogP contribution in [0.2, 0.25) is 0 Å². The van der Waals surface area contributed by atoms with Gasteiger partial charge in [0.15, 0.2) is 11.5 Å². The second kappa shape index (κ2) is 12.1. The number of aryl methyl sites for hydroxylation is 4. The van der Waals surface area contributed by atoms with Gasteiger partial charge in [-0.2, -0.15) is 26.3 Å². The minimum Gasteiger partial charge on any atom is -0.310 e. The van der Waals surface area contributed by atoms with Crippen molar-refractivity contribution < 1.29 is 26.3 Å². The van der Waals surface area contributed by atoms with Crippen LogP contribution in [-0.4, -0.2) is 19.5 Å². The number of fused-ring (bicyclic) bond motifs is 3. The zero-order chi connectivity index (χ0) is 36.4. The van der Waals surface area contributed by atoms with E-state index < -0.39 is 23.5 Å². The molecule has 0 aliphatic rings. The van der Waals surface area contributed by atoms with Gasteiger partial charge in [0.25, 0.3) is 0 Å². The van der Waals surface area contributed by atoms with Gasteiger partial charge in [0.1, 0.15) is 11.6 Å². The monoisotopic (exact) mass is 691 g/mol. The van der Waals surface area contributed by atoms with Crippen LogP contribution in [-0.2, 0) is 12.4 Å². The SMILES string of the molecule is [C-]#[N+]c1cc(-n2c3cc(-c4cc(C)cc(C)c4)ccc3c3ccc(-c4cc(C(F)(F)F)cc(C(F)(F)F)c4)cc32)ccc1-c1nc(C)nc(C)n1. The molecule has 0 unspecified atom stereocenters. The first-order valence-electron chi connectivity index (χ1n) is 15.8. The van der Waals surface area contributed by atoms with Crippen LogP contribution in [0.5, 0.6) is 0 Å². The summed E-state index contributed by atoms with van der Waals surface area (Å²) in [7, 11) is 0. The average Bonchev–Trinajstić information content (AvgIpc) is 3.39. The fourth-order valence-electron chi connectivity index (χ4n) is 6.60. The highest BCUT2D eigenvalue weighted by molar-refractivity contribution is 6.11. The molecule has 254 valence electrons. The first kappa shape index (κ1) is 33.5. The van der Waals surface area contributed by atoms with E-state index in [4.69, 9.17) is 6.57 Å². The summed E-state index contributed by atoms with van der Waals surface area (Å²) in [5.74, 6) is 1.33. The number of halogens is 6. The van der Waals surface area contributed by atoms with Crippen molar-refractivity contribution in [3.63, 3.8) is 0 Å². The second-order valence-corrected chi connectivity index (χ2v) is 12.5. The Labute approximate surface area is 288 Å². The molecule has 5 nitrogen and oxygen atoms in total. The average molecular weight is 692 g/mol. The van der Waals surface area contributed by atoms with Gasteiger partial charge in [0.05, 0.1) is 28.7 Å². The van der Waals surface area contributed by atoms with Crippen molar-refractivity contribution in [2.24, 2.45) is 0 Å². The van der Waals surface area contributed by atoms with E-state index in [2.05, 4.69) is 38.0 Å². The number of nitrogens with zero attached hydrogens (tertiary/aromatic N) is 5. The third kappa shape index (κ3) is 6.29. The van der Waals surface area contributed by atoms with Crippen LogP contribution in [0.25, 0.3) is 66.0 Å². The maximum absolute atomic E-state index is 13.8. The Balaban J connectivity index is 1.51. The van der Waals surface area contributed by atoms with E-state index in [-0.39, 0.29) is 22.9 Å². The molecule has 0 saturated carbocycles. The Morgan fingerprint density at radius 3 is 1.55 bits per heavy atom. The topological polar surface area (TPSA) is 48.0 Å². The van der Waals surface area contributed by atoms with E-state index >= 15 is 0 Å². The highest BCUT2D eigenvalue weighted by Gasteiger charge is 2.37. The number of benzene rings is 5. The minimum atomic E-state index is -4.99. The summed E-state index contributed by atoms with van der Waals surface area (Å²) >= 11 is 0. The first-order chi connectivity index (χ1) is 24.1. The molecule has 0 N–H and O–H groups in total. The first-order valence-corrected chi connectivity index (χ1v) is 15.8. The Bertz CT molecular complexity index is 2500. The second-order valence-electron chi connectivity index (χ2n) is 12.5. The van der Waals surface area contributed by atoms with Crippen molar-refractivity contribution in [2.45, 2.75) is 40.0 Å². The van der Waals surface area contributed by atoms with Gasteiger partial charge in [0.2, 0.25) is 0 Å². The maximum Gasteiger partial charge on any atom is 0.416 e. The zero-order valence-electron chi connectivity index (χ0n) is 27.7. The fraction of sp³-hybridized carbons (Fsp3) is 0.150. The summed E-state index contributed by atoms with van der Waals surface area (Å²) in [6.45, 7) is 15.5. The number of hydrogen-bond acceptors (Lipinski definition) is 3. The van der Waals surface area contributed by atoms with Gasteiger partial charge in [0, 0.05) is 22.0 Å². The lowest BCUT2D eigenvalue weighted by Gasteiger charge is -2.15. The van der Waals surface area contributed by atoms with Crippen LogP contribution in [0.1, 0.15) is 33.9 Å². The zero-order valence-corrected chi connectivity index (χ0v) is 27.7. The van der Waals surface area contributed by atoms with E-state index in [0.717, 1.165) is 50.7 Å². The van der Waals surface area contributed by atoms with Crippen LogP contribution in [0.3, 0.4) is 0 Å². The van der Waals surface area contributed by atoms with Crippen molar-refractivity contribution in [2.75, 3.05) is 0 Å². The van der Waals surface area contributed by atoms with Gasteiger partial charge in [-0.3, -0.25) is 0 Å². The predicted octanol–water partition coefficient (Wildman–Crippen LogP) is 11.8. The molecule has 0 fully saturated rings. The smallest absolute Gasteiger partial charge is 0.310 e. The largest absolute Gasteiger partial charge is 0.416 e. The van der Waals surface area contributed by atoms with Gasteiger partial charge in [-0.05, 0) is 92.4 Å². The highest BCUT2D eigenvalue weighted by Crippen LogP contribution is 2.42. The molecule has 11 heteroatoms. The van der Waals surface area contributed by atoms with E-state index in [9.17, 15) is 26.3 Å². The molecule has 2 aromatic heterocycles. The number of aromatic nitrogens is 4. The van der Waals surface area contributed by atoms with E-state index in [1.807, 2.05) is 36.6 Å². The molecule has 7 aromatic rings. The van der Waals surface area contributed by atoms with Crippen molar-refractivity contribution in [1.29, 1.82) is 0 Å². The van der Waals surface area contributed by atoms with Crippen molar-refractivity contribution in [3.05, 3.63) is 136 Å². The molecule has 0 saturated heterocycles. The minimum absolute atomic E-state index is 0.122. The molecule has 0 radical (unpaired) electrons. The van der Waals surface area contributed by atoms with E-state index in [1.165, 1.54) is 6.07 Å². The van der Waals surface area contributed by atoms with E-state index in [0.29, 0.717) is 34.2 Å². The lowest BCUT2D eigenvalue weighted by molar-refractivity contribution is -0.143. The Morgan fingerprint density at radius 2 is 1.06 bits per heavy atom. The molecule has 0 atom stereocenters. The van der Waals surface area contributed by atoms with Crippen LogP contribution >= 0.6 is 0 Å². The van der Waals surface area contributed by atoms with Gasteiger partial charge < -0.3 is 4.57 Å². The molecule has 5 aromatic carbocycles. The van der Waals surface area contributed by atoms with Crippen LogP contribution in [0.15, 0.2) is 91.0 Å². The Morgan fingerprint density at radius 1 is 0.549 bits per heavy atom. The normalized spacial score (nSPS) is 12.1. The highest BCUT2D eigenvalue weighted by atomic mass is 19.4. The lowest BCUT2D eigenvalue weighted by atomic mass is 9.97. The number of rotatable bonds is 4. The molecule has 0 aliphatic carbocycles. The van der Waals surface area contributed by atoms with E-state index in [1.54, 1.807) is 44.2 Å². The molecular weight excluding hydrogens is 664 g/mol. The van der Waals surface area contributed by atoms with Crippen molar-refractivity contribution >= 4 is 27.5 Å². The molecule has 0 amide bonds. The van der Waals surface area contributed by atoms with Gasteiger partial charge in [-0.15, -0.1) is 0 Å². The summed E-state index contributed by atoms with van der Waals surface area (Å²) in [4.78, 5) is 16.9. The third-order valence-corrected chi connectivity index (χ3v) is 8.70. The summed E-state index contributed by atoms with van der Waals surface area (Å²) < 4.78 is 84.8. The summed E-state index contributed by atoms with van der Waals surface area (Å²) in [5, 5.41) is 1.53. The standard InChI is InChI=1S/C40H27F6N5/c1-21-12-22(2)14-27(13-21)25-6-9-32-33-10-7-26(28-15-29(39(41,42)43)19-30(16-28)40(44,45)46)18-37(33)51(36(32)17-25)31-8-11-34(35(20-31)47-5)38-49-23(3)48-24(4)50-38/h6-20H,1-4H3.